The topological polar surface area (TPSA) is 34.9 Å². The maximum atomic E-state index is 12.5. The fourth-order valence-corrected chi connectivity index (χ4v) is 2.28. The molecule has 3 rings (SSSR count). The Labute approximate surface area is 119 Å². The van der Waals surface area contributed by atoms with Crippen molar-refractivity contribution in [3.63, 3.8) is 0 Å². The summed E-state index contributed by atoms with van der Waals surface area (Å²) in [6.07, 6.45) is 1.49. The van der Waals surface area contributed by atoms with Gasteiger partial charge in [-0.1, -0.05) is 35.3 Å². The van der Waals surface area contributed by atoms with Crippen LogP contribution in [0.1, 0.15) is 10.4 Å². The number of hydrogen-bond donors (Lipinski definition) is 0. The number of para-hydroxylation sites is 2. The molecule has 0 aliphatic rings. The van der Waals surface area contributed by atoms with Gasteiger partial charge in [0.05, 0.1) is 21.6 Å². The molecule has 1 heterocycles. The molecule has 0 saturated carbocycles. The van der Waals surface area contributed by atoms with Crippen molar-refractivity contribution in [1.29, 1.82) is 0 Å². The third-order valence-corrected chi connectivity index (χ3v) is 3.40. The van der Waals surface area contributed by atoms with E-state index in [1.54, 1.807) is 18.2 Å². The molecule has 19 heavy (non-hydrogen) atoms. The van der Waals surface area contributed by atoms with Gasteiger partial charge in [-0.15, -0.1) is 0 Å². The van der Waals surface area contributed by atoms with E-state index in [2.05, 4.69) is 4.98 Å². The minimum absolute atomic E-state index is 0.249. The number of imidazole rings is 1. The zero-order valence-corrected chi connectivity index (χ0v) is 11.2. The molecule has 2 aromatic carbocycles. The van der Waals surface area contributed by atoms with Crippen LogP contribution >= 0.6 is 23.2 Å². The first-order valence-corrected chi connectivity index (χ1v) is 6.34. The van der Waals surface area contributed by atoms with Crippen molar-refractivity contribution in [2.24, 2.45) is 0 Å². The summed E-state index contributed by atoms with van der Waals surface area (Å²) < 4.78 is 1.47. The van der Waals surface area contributed by atoms with Gasteiger partial charge in [0.15, 0.2) is 0 Å². The number of nitrogens with zero attached hydrogens (tertiary/aromatic N) is 2. The van der Waals surface area contributed by atoms with E-state index >= 15 is 0 Å². The fraction of sp³-hybridized carbons (Fsp3) is 0. The molecule has 3 nitrogen and oxygen atoms in total. The van der Waals surface area contributed by atoms with Crippen molar-refractivity contribution in [3.8, 4) is 0 Å². The van der Waals surface area contributed by atoms with Crippen molar-refractivity contribution in [2.75, 3.05) is 0 Å². The summed E-state index contributed by atoms with van der Waals surface area (Å²) >= 11 is 12.0. The van der Waals surface area contributed by atoms with E-state index in [0.29, 0.717) is 15.6 Å². The first-order valence-electron chi connectivity index (χ1n) is 5.58. The van der Waals surface area contributed by atoms with E-state index < -0.39 is 0 Å². The number of benzene rings is 2. The van der Waals surface area contributed by atoms with Crippen molar-refractivity contribution in [3.05, 3.63) is 64.4 Å². The van der Waals surface area contributed by atoms with E-state index in [4.69, 9.17) is 23.2 Å². The smallest absolute Gasteiger partial charge is 0.265 e. The Balaban J connectivity index is 2.16. The van der Waals surface area contributed by atoms with Gasteiger partial charge in [0.2, 0.25) is 0 Å². The average molecular weight is 291 g/mol. The lowest BCUT2D eigenvalue weighted by Gasteiger charge is -2.05. The number of halogens is 2. The van der Waals surface area contributed by atoms with Crippen molar-refractivity contribution in [2.45, 2.75) is 0 Å². The third kappa shape index (κ3) is 2.11. The average Bonchev–Trinajstić information content (AvgIpc) is 2.84. The van der Waals surface area contributed by atoms with Gasteiger partial charge in [0, 0.05) is 5.02 Å². The van der Waals surface area contributed by atoms with Crippen molar-refractivity contribution >= 4 is 40.1 Å². The second kappa shape index (κ2) is 4.68. The highest BCUT2D eigenvalue weighted by Crippen LogP contribution is 2.23. The molecular formula is C14H8Cl2N2O. The summed E-state index contributed by atoms with van der Waals surface area (Å²) in [5, 5.41) is 0.837. The van der Waals surface area contributed by atoms with E-state index in [1.165, 1.54) is 10.9 Å². The Morgan fingerprint density at radius 2 is 1.89 bits per heavy atom. The van der Waals surface area contributed by atoms with Crippen molar-refractivity contribution < 1.29 is 4.79 Å². The quantitative estimate of drug-likeness (QED) is 0.678. The zero-order chi connectivity index (χ0) is 13.4. The highest BCUT2D eigenvalue weighted by Gasteiger charge is 2.15. The van der Waals surface area contributed by atoms with E-state index in [1.807, 2.05) is 24.3 Å². The normalized spacial score (nSPS) is 10.8. The number of carbonyl (C=O) groups is 1. The summed E-state index contributed by atoms with van der Waals surface area (Å²) in [5.41, 5.74) is 1.86. The van der Waals surface area contributed by atoms with Gasteiger partial charge in [0.1, 0.15) is 6.33 Å². The number of rotatable bonds is 1. The van der Waals surface area contributed by atoms with Gasteiger partial charge in [-0.3, -0.25) is 9.36 Å². The van der Waals surface area contributed by atoms with Crippen LogP contribution in [-0.4, -0.2) is 15.5 Å². The lowest BCUT2D eigenvalue weighted by molar-refractivity contribution is 0.0964. The highest BCUT2D eigenvalue weighted by atomic mass is 35.5. The number of hydrogen-bond acceptors (Lipinski definition) is 2. The number of aromatic nitrogens is 2. The second-order valence-electron chi connectivity index (χ2n) is 4.03. The van der Waals surface area contributed by atoms with E-state index in [-0.39, 0.29) is 5.91 Å². The summed E-state index contributed by atoms with van der Waals surface area (Å²) in [6.45, 7) is 0. The van der Waals surface area contributed by atoms with Gasteiger partial charge in [-0.25, -0.2) is 4.98 Å². The van der Waals surface area contributed by atoms with Crippen LogP contribution in [-0.2, 0) is 0 Å². The lowest BCUT2D eigenvalue weighted by atomic mass is 10.2. The van der Waals surface area contributed by atoms with Crippen molar-refractivity contribution in [1.82, 2.24) is 9.55 Å². The first kappa shape index (κ1) is 12.2. The summed E-state index contributed by atoms with van der Waals surface area (Å²) in [5.74, 6) is -0.249. The molecule has 0 amide bonds. The number of carbonyl (C=O) groups excluding carboxylic acids is 1. The minimum Gasteiger partial charge on any atom is -0.268 e. The van der Waals surface area contributed by atoms with E-state index in [9.17, 15) is 4.79 Å². The standard InChI is InChI=1S/C14H8Cl2N2O/c15-9-5-6-11(16)10(7-9)14(19)18-8-17-12-3-1-2-4-13(12)18/h1-8H. The summed E-state index contributed by atoms with van der Waals surface area (Å²) in [6, 6.07) is 12.2. The van der Waals surface area contributed by atoms with Gasteiger partial charge in [0.25, 0.3) is 5.91 Å². The van der Waals surface area contributed by atoms with Crippen LogP contribution < -0.4 is 0 Å². The molecule has 0 atom stereocenters. The molecule has 0 radical (unpaired) electrons. The van der Waals surface area contributed by atoms with Crippen LogP contribution in [0.4, 0.5) is 0 Å². The van der Waals surface area contributed by atoms with Crippen LogP contribution in [0.3, 0.4) is 0 Å². The second-order valence-corrected chi connectivity index (χ2v) is 4.88. The first-order chi connectivity index (χ1) is 9.16. The van der Waals surface area contributed by atoms with Crippen LogP contribution in [0.25, 0.3) is 11.0 Å². The van der Waals surface area contributed by atoms with Gasteiger partial charge in [-0.2, -0.15) is 0 Å². The highest BCUT2D eigenvalue weighted by molar-refractivity contribution is 6.36. The third-order valence-electron chi connectivity index (χ3n) is 2.83. The fourth-order valence-electron chi connectivity index (χ4n) is 1.91. The molecular weight excluding hydrogens is 283 g/mol. The van der Waals surface area contributed by atoms with Crippen LogP contribution in [0, 0.1) is 0 Å². The Hall–Kier alpha value is -1.84. The molecule has 0 bridgehead atoms. The van der Waals surface area contributed by atoms with Crippen LogP contribution in [0.15, 0.2) is 48.8 Å². The predicted octanol–water partition coefficient (Wildman–Crippen LogP) is 4.03. The monoisotopic (exact) mass is 290 g/mol. The molecule has 0 saturated heterocycles. The predicted molar refractivity (Wildman–Crippen MR) is 75.9 cm³/mol. The Morgan fingerprint density at radius 1 is 1.11 bits per heavy atom. The Bertz CT molecular complexity index is 780. The summed E-state index contributed by atoms with van der Waals surface area (Å²) in [7, 11) is 0. The maximum absolute atomic E-state index is 12.5. The molecule has 0 N–H and O–H groups in total. The Morgan fingerprint density at radius 3 is 2.74 bits per heavy atom. The van der Waals surface area contributed by atoms with Crippen LogP contribution in [0.2, 0.25) is 10.0 Å². The van der Waals surface area contributed by atoms with Crippen LogP contribution in [0.5, 0.6) is 0 Å². The molecule has 0 fully saturated rings. The molecule has 94 valence electrons. The minimum atomic E-state index is -0.249. The molecule has 0 aliphatic heterocycles. The maximum Gasteiger partial charge on any atom is 0.265 e. The van der Waals surface area contributed by atoms with Gasteiger partial charge < -0.3 is 0 Å². The molecule has 1 aromatic heterocycles. The number of fused-ring (bicyclic) bond motifs is 1. The zero-order valence-electron chi connectivity index (χ0n) is 9.68. The molecule has 0 spiro atoms. The van der Waals surface area contributed by atoms with Gasteiger partial charge >= 0.3 is 0 Å². The largest absolute Gasteiger partial charge is 0.268 e. The lowest BCUT2D eigenvalue weighted by Crippen LogP contribution is -2.11. The van der Waals surface area contributed by atoms with E-state index in [0.717, 1.165) is 11.0 Å². The summed E-state index contributed by atoms with van der Waals surface area (Å²) in [4.78, 5) is 16.7. The SMILES string of the molecule is O=C(c1cc(Cl)ccc1Cl)n1cnc2ccccc21. The molecule has 5 heteroatoms. The molecule has 0 aliphatic carbocycles. The van der Waals surface area contributed by atoms with Gasteiger partial charge in [-0.05, 0) is 30.3 Å². The Kier molecular flexibility index (Phi) is 3.01. The molecule has 3 aromatic rings. The molecule has 0 unspecified atom stereocenters.